The van der Waals surface area contributed by atoms with E-state index in [2.05, 4.69) is 64.6 Å². The van der Waals surface area contributed by atoms with Crippen LogP contribution >= 0.6 is 0 Å². The van der Waals surface area contributed by atoms with E-state index in [1.807, 2.05) is 6.79 Å². The van der Waals surface area contributed by atoms with Crippen LogP contribution in [0.15, 0.2) is 59.8 Å². The molecular weight excluding hydrogens is 426 g/mol. The van der Waals surface area contributed by atoms with Crippen LogP contribution in [-0.4, -0.2) is 6.79 Å². The Labute approximate surface area is 216 Å². The van der Waals surface area contributed by atoms with E-state index < -0.39 is 0 Å². The molecule has 2 N–H and O–H groups in total. The average Bonchev–Trinajstić information content (AvgIpc) is 3.17. The van der Waals surface area contributed by atoms with Crippen LogP contribution in [0.25, 0.3) is 5.57 Å². The van der Waals surface area contributed by atoms with Gasteiger partial charge in [0.2, 0.25) is 0 Å². The Hall–Kier alpha value is -2.35. The highest BCUT2D eigenvalue weighted by Gasteiger charge is 2.25. The molecule has 1 saturated carbocycles. The third kappa shape index (κ3) is 8.67. The summed E-state index contributed by atoms with van der Waals surface area (Å²) in [6.07, 6.45) is 19.0. The Bertz CT molecular complexity index is 904. The van der Waals surface area contributed by atoms with Crippen LogP contribution in [0.5, 0.6) is 0 Å². The largest absolute Gasteiger partial charge is 0.405 e. The van der Waals surface area contributed by atoms with E-state index in [-0.39, 0.29) is 7.43 Å². The highest BCUT2D eigenvalue weighted by molar-refractivity contribution is 5.73. The van der Waals surface area contributed by atoms with Crippen LogP contribution in [0.1, 0.15) is 103 Å². The van der Waals surface area contributed by atoms with Crippen LogP contribution in [0.3, 0.4) is 0 Å². The van der Waals surface area contributed by atoms with Gasteiger partial charge in [-0.2, -0.15) is 0 Å². The number of aryl methyl sites for hydroxylation is 1. The average molecular weight is 478 g/mol. The molecule has 2 aliphatic carbocycles. The minimum atomic E-state index is 0. The summed E-state index contributed by atoms with van der Waals surface area (Å²) in [7, 11) is 0. The second-order valence-electron chi connectivity index (χ2n) is 10.4. The standard InChI is InChI=1S/C31H45N.CH2O.CH4/c1-6-26-10-8-12-28(20-26)30(17-18-32)24(4)15-13-22(2)9-7-11-27-21-29-16-14-23(3)19-31(29)25(27)5;1-2;/h9,14,16-19,26-28H,5-8,10-13,15,20-21,32H2,1-4H3;1H2;1H4/b18-17-,22-9+,30-24-;;/t26-,27?,28?;;/m0../s1. The first-order valence-electron chi connectivity index (χ1n) is 13.2. The maximum absolute atomic E-state index is 8.00. The van der Waals surface area contributed by atoms with Gasteiger partial charge in [0.25, 0.3) is 0 Å². The number of fused-ring (bicyclic) bond motifs is 1. The molecule has 1 fully saturated rings. The molecule has 2 unspecified atom stereocenters. The maximum Gasteiger partial charge on any atom is 0.106 e. The summed E-state index contributed by atoms with van der Waals surface area (Å²) < 4.78 is 0. The second kappa shape index (κ2) is 15.6. The Balaban J connectivity index is 0.00000199. The van der Waals surface area contributed by atoms with Gasteiger partial charge in [-0.25, -0.2) is 0 Å². The smallest absolute Gasteiger partial charge is 0.106 e. The van der Waals surface area contributed by atoms with Gasteiger partial charge in [0.1, 0.15) is 6.79 Å². The van der Waals surface area contributed by atoms with Crippen molar-refractivity contribution in [2.75, 3.05) is 0 Å². The fraction of sp³-hybridized carbons (Fsp3) is 0.545. The predicted molar refractivity (Wildman–Crippen MR) is 155 cm³/mol. The summed E-state index contributed by atoms with van der Waals surface area (Å²) in [5, 5.41) is 0. The van der Waals surface area contributed by atoms with Crippen molar-refractivity contribution in [2.45, 2.75) is 99.3 Å². The van der Waals surface area contributed by atoms with Crippen molar-refractivity contribution in [1.29, 1.82) is 0 Å². The molecule has 0 aromatic heterocycles. The maximum atomic E-state index is 8.00. The summed E-state index contributed by atoms with van der Waals surface area (Å²) in [6.45, 7) is 15.6. The third-order valence-corrected chi connectivity index (χ3v) is 8.04. The van der Waals surface area contributed by atoms with Gasteiger partial charge in [0.05, 0.1) is 0 Å². The van der Waals surface area contributed by atoms with Crippen molar-refractivity contribution in [3.8, 4) is 0 Å². The zero-order valence-corrected chi connectivity index (χ0v) is 22.2. The monoisotopic (exact) mass is 477 g/mol. The summed E-state index contributed by atoms with van der Waals surface area (Å²) in [5.74, 6) is 2.21. The molecule has 0 radical (unpaired) electrons. The van der Waals surface area contributed by atoms with Crippen molar-refractivity contribution < 1.29 is 4.79 Å². The van der Waals surface area contributed by atoms with Gasteiger partial charge >= 0.3 is 0 Å². The molecule has 0 spiro atoms. The molecule has 2 nitrogen and oxygen atoms in total. The molecule has 2 heteroatoms. The number of hydrogen-bond acceptors (Lipinski definition) is 2. The zero-order chi connectivity index (χ0) is 25.1. The quantitative estimate of drug-likeness (QED) is 0.284. The third-order valence-electron chi connectivity index (χ3n) is 8.04. The van der Waals surface area contributed by atoms with E-state index >= 15 is 0 Å². The van der Waals surface area contributed by atoms with E-state index in [0.717, 1.165) is 31.6 Å². The fourth-order valence-corrected chi connectivity index (χ4v) is 5.89. The molecule has 0 heterocycles. The van der Waals surface area contributed by atoms with Gasteiger partial charge in [-0.15, -0.1) is 0 Å². The van der Waals surface area contributed by atoms with E-state index in [4.69, 9.17) is 10.5 Å². The molecule has 1 aromatic carbocycles. The van der Waals surface area contributed by atoms with Gasteiger partial charge in [-0.3, -0.25) is 0 Å². The summed E-state index contributed by atoms with van der Waals surface area (Å²) in [6, 6.07) is 6.85. The number of carbonyl (C=O) groups is 1. The Morgan fingerprint density at radius 1 is 1.17 bits per heavy atom. The molecule has 0 amide bonds. The van der Waals surface area contributed by atoms with Gasteiger partial charge in [-0.05, 0) is 118 Å². The molecule has 3 atom stereocenters. The van der Waals surface area contributed by atoms with Crippen molar-refractivity contribution in [3.63, 3.8) is 0 Å². The fourth-order valence-electron chi connectivity index (χ4n) is 5.89. The first-order chi connectivity index (χ1) is 16.4. The molecule has 3 rings (SSSR count). The van der Waals surface area contributed by atoms with Gasteiger partial charge in [0, 0.05) is 0 Å². The molecule has 0 aliphatic heterocycles. The van der Waals surface area contributed by atoms with Crippen LogP contribution in [0, 0.1) is 24.7 Å². The normalized spacial score (nSPS) is 22.7. The molecule has 35 heavy (non-hydrogen) atoms. The first-order valence-corrected chi connectivity index (χ1v) is 13.2. The van der Waals surface area contributed by atoms with E-state index in [0.29, 0.717) is 11.8 Å². The van der Waals surface area contributed by atoms with Crippen molar-refractivity contribution in [3.05, 3.63) is 76.5 Å². The number of rotatable bonds is 9. The lowest BCUT2D eigenvalue weighted by Gasteiger charge is -2.30. The lowest BCUT2D eigenvalue weighted by atomic mass is 9.75. The number of benzene rings is 1. The molecular formula is C33H51NO. The van der Waals surface area contributed by atoms with Crippen molar-refractivity contribution in [2.24, 2.45) is 23.5 Å². The lowest BCUT2D eigenvalue weighted by molar-refractivity contribution is -0.0979. The lowest BCUT2D eigenvalue weighted by Crippen LogP contribution is -2.17. The minimum Gasteiger partial charge on any atom is -0.405 e. The molecule has 2 aliphatic rings. The molecule has 0 bridgehead atoms. The van der Waals surface area contributed by atoms with E-state index in [1.54, 1.807) is 6.20 Å². The number of allylic oxidation sites excluding steroid dienone is 6. The topological polar surface area (TPSA) is 43.1 Å². The van der Waals surface area contributed by atoms with Crippen LogP contribution < -0.4 is 5.73 Å². The number of carbonyl (C=O) groups excluding carboxylic acids is 1. The molecule has 0 saturated heterocycles. The zero-order valence-electron chi connectivity index (χ0n) is 22.2. The van der Waals surface area contributed by atoms with Crippen LogP contribution in [0.2, 0.25) is 0 Å². The molecule has 194 valence electrons. The number of nitrogens with two attached hydrogens (primary N) is 1. The van der Waals surface area contributed by atoms with Crippen molar-refractivity contribution in [1.82, 2.24) is 0 Å². The van der Waals surface area contributed by atoms with Gasteiger partial charge in [0.15, 0.2) is 0 Å². The Morgan fingerprint density at radius 3 is 2.60 bits per heavy atom. The summed E-state index contributed by atoms with van der Waals surface area (Å²) in [4.78, 5) is 8.00. The minimum absolute atomic E-state index is 0. The van der Waals surface area contributed by atoms with Crippen molar-refractivity contribution >= 4 is 12.4 Å². The summed E-state index contributed by atoms with van der Waals surface area (Å²) in [5.41, 5.74) is 16.0. The first kappa shape index (κ1) is 30.7. The Morgan fingerprint density at radius 2 is 1.91 bits per heavy atom. The van der Waals surface area contributed by atoms with E-state index in [1.165, 1.54) is 77.5 Å². The van der Waals surface area contributed by atoms with E-state index in [9.17, 15) is 0 Å². The highest BCUT2D eigenvalue weighted by atomic mass is 16.1. The predicted octanol–water partition coefficient (Wildman–Crippen LogP) is 9.14. The van der Waals surface area contributed by atoms with Gasteiger partial charge in [-0.1, -0.05) is 81.2 Å². The van der Waals surface area contributed by atoms with Crippen LogP contribution in [-0.2, 0) is 11.2 Å². The van der Waals surface area contributed by atoms with Gasteiger partial charge < -0.3 is 10.5 Å². The number of hydrogen-bond donors (Lipinski definition) is 1. The summed E-state index contributed by atoms with van der Waals surface area (Å²) >= 11 is 0. The second-order valence-corrected chi connectivity index (χ2v) is 10.4. The highest BCUT2D eigenvalue weighted by Crippen LogP contribution is 2.39. The van der Waals surface area contributed by atoms with Crippen LogP contribution in [0.4, 0.5) is 0 Å². The Kier molecular flexibility index (Phi) is 13.7. The molecule has 1 aromatic rings. The SMILES string of the molecule is C.C=C1c2cc(C)ccc2CC1CC/C=C(\C)CC/C(C)=C(/C=C\N)C1CCC[C@H](CC)C1.C=O.